The summed E-state index contributed by atoms with van der Waals surface area (Å²) in [5, 5.41) is 0. The van der Waals surface area contributed by atoms with Crippen LogP contribution in [0.15, 0.2) is 28.1 Å². The predicted molar refractivity (Wildman–Crippen MR) is 143 cm³/mol. The lowest BCUT2D eigenvalue weighted by molar-refractivity contribution is -0.0224. The summed E-state index contributed by atoms with van der Waals surface area (Å²) in [5.41, 5.74) is -2.96. The highest BCUT2D eigenvalue weighted by Gasteiger charge is 2.56. The smallest absolute Gasteiger partial charge is 0.327 e. The van der Waals surface area contributed by atoms with Gasteiger partial charge in [-0.25, -0.2) is 14.2 Å². The third-order valence-corrected chi connectivity index (χ3v) is 12.9. The number of nitrogens with zero attached hydrogens (tertiary/aromatic N) is 2. The first-order chi connectivity index (χ1) is 16.0. The van der Waals surface area contributed by atoms with Crippen LogP contribution in [0.2, 0.25) is 0 Å². The van der Waals surface area contributed by atoms with Crippen molar-refractivity contribution in [2.24, 2.45) is 5.92 Å². The molecule has 8 atom stereocenters. The van der Waals surface area contributed by atoms with Crippen LogP contribution in [0.4, 0.5) is 4.39 Å². The molecule has 2 aromatic rings. The fraction of sp³-hybridized carbons (Fsp3) is 0.667. The summed E-state index contributed by atoms with van der Waals surface area (Å²) in [6.45, 7) is 10.2. The largest absolute Gasteiger partial charge is 0.349 e. The van der Waals surface area contributed by atoms with Crippen molar-refractivity contribution in [3.8, 4) is 0 Å². The molecule has 35 heavy (non-hydrogen) atoms. The molecule has 4 heterocycles. The number of halogens is 1. The number of imidazole rings is 1. The Labute approximate surface area is 218 Å². The van der Waals surface area contributed by atoms with Gasteiger partial charge in [0.2, 0.25) is 5.69 Å². The van der Waals surface area contributed by atoms with E-state index < -0.39 is 41.6 Å². The van der Waals surface area contributed by atoms with E-state index in [9.17, 15) is 9.59 Å². The normalized spacial score (nSPS) is 38.9. The highest BCUT2D eigenvalue weighted by Crippen LogP contribution is 2.76. The number of nitrogens with one attached hydrogen (secondary N) is 2. The number of rotatable bonds is 5. The van der Waals surface area contributed by atoms with Crippen LogP contribution in [0, 0.1) is 5.92 Å². The molecule has 2 aromatic heterocycles. The van der Waals surface area contributed by atoms with Gasteiger partial charge in [0.1, 0.15) is 11.8 Å². The Bertz CT molecular complexity index is 1300. The molecular formula is C21H30FN4O5PS3. The number of aromatic amines is 2. The number of H-pyrrole nitrogens is 2. The van der Waals surface area contributed by atoms with Crippen LogP contribution in [-0.4, -0.2) is 48.7 Å². The minimum absolute atomic E-state index is 0. The summed E-state index contributed by atoms with van der Waals surface area (Å²) in [4.78, 5) is 32.5. The monoisotopic (exact) mass is 564 g/mol. The minimum atomic E-state index is -2.84. The van der Waals surface area contributed by atoms with E-state index in [0.717, 1.165) is 24.8 Å². The van der Waals surface area contributed by atoms with Gasteiger partial charge in [0, 0.05) is 4.75 Å². The molecule has 1 saturated carbocycles. The molecule has 0 bridgehead atoms. The lowest BCUT2D eigenvalue weighted by Crippen LogP contribution is -2.39. The summed E-state index contributed by atoms with van der Waals surface area (Å²) in [7, 11) is 0. The number of allylic oxidation sites excluding steroid dienone is 1. The van der Waals surface area contributed by atoms with Crippen molar-refractivity contribution >= 4 is 53.5 Å². The van der Waals surface area contributed by atoms with Crippen molar-refractivity contribution in [2.45, 2.75) is 81.9 Å². The maximum absolute atomic E-state index is 15.9. The second-order valence-electron chi connectivity index (χ2n) is 9.51. The highest BCUT2D eigenvalue weighted by molar-refractivity contribution is 8.68. The Morgan fingerprint density at radius 3 is 2.91 bits per heavy atom. The van der Waals surface area contributed by atoms with E-state index in [1.807, 2.05) is 13.8 Å². The molecule has 9 nitrogen and oxygen atoms in total. The number of alkyl halides is 1. The Morgan fingerprint density at radius 2 is 2.23 bits per heavy atom. The molecule has 194 valence electrons. The SMILES string of the molecule is C=C(C)[C@@H]1CC[C@]2(C)S[P@@](=S)(O[C@H]3[C@@H](F)[C@H](n4cnc5c(=O)[nH]c(=O)[nH]c54)O[C@@H]3CC)O[C@H]2C1.S. The number of aromatic nitrogens is 4. The first-order valence-corrected chi connectivity index (χ1v) is 15.4. The molecule has 3 fully saturated rings. The fourth-order valence-electron chi connectivity index (χ4n) is 5.10. The lowest BCUT2D eigenvalue weighted by Gasteiger charge is -2.37. The van der Waals surface area contributed by atoms with Crippen LogP contribution in [0.1, 0.15) is 52.7 Å². The third-order valence-electron chi connectivity index (χ3n) is 7.10. The van der Waals surface area contributed by atoms with Crippen molar-refractivity contribution < 1.29 is 18.2 Å². The van der Waals surface area contributed by atoms with Crippen LogP contribution in [0.25, 0.3) is 11.2 Å². The molecule has 14 heteroatoms. The number of hydrogen-bond donors (Lipinski definition) is 2. The molecule has 0 amide bonds. The Morgan fingerprint density at radius 1 is 1.49 bits per heavy atom. The number of ether oxygens (including phenoxy) is 1. The van der Waals surface area contributed by atoms with Crippen LogP contribution >= 0.6 is 30.6 Å². The van der Waals surface area contributed by atoms with Crippen molar-refractivity contribution in [3.05, 3.63) is 39.3 Å². The first-order valence-electron chi connectivity index (χ1n) is 11.4. The summed E-state index contributed by atoms with van der Waals surface area (Å²) >= 11 is 7.41. The van der Waals surface area contributed by atoms with E-state index >= 15 is 4.39 Å². The summed E-state index contributed by atoms with van der Waals surface area (Å²) in [6.07, 6.45) is 0.257. The van der Waals surface area contributed by atoms with Gasteiger partial charge in [-0.05, 0) is 57.3 Å². The van der Waals surface area contributed by atoms with Crippen molar-refractivity contribution in [1.82, 2.24) is 19.5 Å². The second kappa shape index (κ2) is 9.74. The van der Waals surface area contributed by atoms with E-state index in [-0.39, 0.29) is 35.5 Å². The van der Waals surface area contributed by atoms with Crippen LogP contribution in [-0.2, 0) is 25.6 Å². The van der Waals surface area contributed by atoms with E-state index in [4.69, 9.17) is 25.6 Å². The summed E-state index contributed by atoms with van der Waals surface area (Å²) < 4.78 is 35.7. The topological polar surface area (TPSA) is 111 Å². The molecule has 2 N–H and O–H groups in total. The molecule has 1 aliphatic carbocycles. The molecule has 0 unspecified atom stereocenters. The molecule has 2 saturated heterocycles. The van der Waals surface area contributed by atoms with Gasteiger partial charge in [-0.1, -0.05) is 30.5 Å². The molecule has 5 rings (SSSR count). The molecule has 0 radical (unpaired) electrons. The van der Waals surface area contributed by atoms with Gasteiger partial charge in [-0.3, -0.25) is 19.3 Å². The quantitative estimate of drug-likeness (QED) is 0.414. The van der Waals surface area contributed by atoms with Crippen LogP contribution in [0.3, 0.4) is 0 Å². The van der Waals surface area contributed by atoms with Gasteiger partial charge in [0.15, 0.2) is 17.9 Å². The molecule has 3 aliphatic rings. The van der Waals surface area contributed by atoms with Gasteiger partial charge in [-0.2, -0.15) is 13.5 Å². The standard InChI is InChI=1S/C21H28FN4O5PS2.H2S/c1-5-12-16(31-32(33)30-13-8-11(10(2)3)6-7-21(13,4)34-32)14(22)19(29-12)26-9-23-15-17(26)24-20(28)25-18(15)27;/h9,11-14,16,19H,2,5-8H2,1,3-4H3,(H2,24,25,27,28);1H2/t11-,12-,13+,14-,16-,19-,21+,32-;/m1./s1. The van der Waals surface area contributed by atoms with E-state index in [1.165, 1.54) is 22.3 Å². The third kappa shape index (κ3) is 4.73. The van der Waals surface area contributed by atoms with Gasteiger partial charge in [0.05, 0.1) is 18.5 Å². The molecule has 0 aromatic carbocycles. The maximum Gasteiger partial charge on any atom is 0.327 e. The van der Waals surface area contributed by atoms with Crippen LogP contribution < -0.4 is 11.2 Å². The summed E-state index contributed by atoms with van der Waals surface area (Å²) in [6, 6.07) is 0. The second-order valence-corrected chi connectivity index (χ2v) is 16.1. The van der Waals surface area contributed by atoms with E-state index in [2.05, 4.69) is 28.5 Å². The maximum atomic E-state index is 15.9. The van der Waals surface area contributed by atoms with Gasteiger partial charge in [-0.15, -0.1) is 0 Å². The van der Waals surface area contributed by atoms with Gasteiger partial charge < -0.3 is 13.8 Å². The molecular weight excluding hydrogens is 534 g/mol. The number of fused-ring (bicyclic) bond motifs is 2. The zero-order valence-corrected chi connectivity index (χ0v) is 23.2. The Hall–Kier alpha value is -0.950. The summed E-state index contributed by atoms with van der Waals surface area (Å²) in [5.74, 6) is 0.386. The van der Waals surface area contributed by atoms with E-state index in [1.54, 1.807) is 0 Å². The van der Waals surface area contributed by atoms with Crippen molar-refractivity contribution in [1.29, 1.82) is 0 Å². The highest BCUT2D eigenvalue weighted by atomic mass is 32.9. The minimum Gasteiger partial charge on any atom is -0.349 e. The fourth-order valence-corrected chi connectivity index (χ4v) is 12.6. The van der Waals surface area contributed by atoms with Gasteiger partial charge >= 0.3 is 5.69 Å². The van der Waals surface area contributed by atoms with Crippen molar-refractivity contribution in [2.75, 3.05) is 0 Å². The average Bonchev–Trinajstić information content (AvgIpc) is 3.39. The molecule has 0 spiro atoms. The average molecular weight is 565 g/mol. The zero-order valence-electron chi connectivity index (χ0n) is 19.7. The van der Waals surface area contributed by atoms with E-state index in [0.29, 0.717) is 12.3 Å². The van der Waals surface area contributed by atoms with Gasteiger partial charge in [0.25, 0.3) is 5.56 Å². The number of hydrogen-bond acceptors (Lipinski definition) is 8. The predicted octanol–water partition coefficient (Wildman–Crippen LogP) is 4.05. The van der Waals surface area contributed by atoms with Crippen LogP contribution in [0.5, 0.6) is 0 Å². The van der Waals surface area contributed by atoms with Crippen molar-refractivity contribution in [3.63, 3.8) is 0 Å². The zero-order chi connectivity index (χ0) is 24.4. The Balaban J connectivity index is 0.00000289. The lowest BCUT2D eigenvalue weighted by atomic mass is 9.77. The first kappa shape index (κ1) is 27.1. The Kier molecular flexibility index (Phi) is 7.54. The molecule has 2 aliphatic heterocycles.